The lowest BCUT2D eigenvalue weighted by Gasteiger charge is -2.18. The van der Waals surface area contributed by atoms with Crippen molar-refractivity contribution < 1.29 is 8.42 Å². The van der Waals surface area contributed by atoms with E-state index in [1.807, 2.05) is 31.2 Å². The van der Waals surface area contributed by atoms with Gasteiger partial charge in [-0.3, -0.25) is 4.98 Å². The zero-order chi connectivity index (χ0) is 19.3. The van der Waals surface area contributed by atoms with Crippen molar-refractivity contribution in [2.24, 2.45) is 0 Å². The Hall–Kier alpha value is -2.28. The molecule has 0 aliphatic carbocycles. The molecule has 0 saturated heterocycles. The van der Waals surface area contributed by atoms with Gasteiger partial charge in [-0.2, -0.15) is 0 Å². The predicted molar refractivity (Wildman–Crippen MR) is 109 cm³/mol. The Labute approximate surface area is 160 Å². The molecule has 142 valence electrons. The molecule has 2 atom stereocenters. The number of aromatic nitrogens is 1. The number of rotatable bonds is 8. The molecular formula is C21H25N3O2S. The molecule has 6 heteroatoms. The number of hydrogen-bond donors (Lipinski definition) is 2. The SMILES string of the molecule is CC(CNCC(C)c1ccccc1)NS(=O)(=O)c1ccc2cnccc2c1. The summed E-state index contributed by atoms with van der Waals surface area (Å²) in [7, 11) is -3.56. The summed E-state index contributed by atoms with van der Waals surface area (Å²) in [6.07, 6.45) is 3.38. The largest absolute Gasteiger partial charge is 0.315 e. The van der Waals surface area contributed by atoms with E-state index >= 15 is 0 Å². The van der Waals surface area contributed by atoms with E-state index in [0.717, 1.165) is 17.3 Å². The Morgan fingerprint density at radius 1 is 0.963 bits per heavy atom. The highest BCUT2D eigenvalue weighted by atomic mass is 32.2. The van der Waals surface area contributed by atoms with Gasteiger partial charge in [0.05, 0.1) is 4.90 Å². The Bertz CT molecular complexity index is 990. The van der Waals surface area contributed by atoms with Crippen molar-refractivity contribution in [2.45, 2.75) is 30.7 Å². The van der Waals surface area contributed by atoms with Crippen LogP contribution in [-0.2, 0) is 10.0 Å². The van der Waals surface area contributed by atoms with Crippen molar-refractivity contribution >= 4 is 20.8 Å². The van der Waals surface area contributed by atoms with Gasteiger partial charge < -0.3 is 5.32 Å². The molecule has 5 nitrogen and oxygen atoms in total. The molecule has 3 aromatic rings. The molecular weight excluding hydrogens is 358 g/mol. The maximum atomic E-state index is 12.7. The number of hydrogen-bond acceptors (Lipinski definition) is 4. The van der Waals surface area contributed by atoms with Crippen molar-refractivity contribution in [2.75, 3.05) is 13.1 Å². The number of nitrogens with zero attached hydrogens (tertiary/aromatic N) is 1. The summed E-state index contributed by atoms with van der Waals surface area (Å²) in [5, 5.41) is 5.13. The van der Waals surface area contributed by atoms with E-state index in [2.05, 4.69) is 34.1 Å². The minimum atomic E-state index is -3.56. The van der Waals surface area contributed by atoms with Crippen LogP contribution in [0.4, 0.5) is 0 Å². The van der Waals surface area contributed by atoms with Gasteiger partial charge in [0.1, 0.15) is 0 Å². The van der Waals surface area contributed by atoms with Gasteiger partial charge in [-0.15, -0.1) is 0 Å². The van der Waals surface area contributed by atoms with Gasteiger partial charge in [0.15, 0.2) is 0 Å². The van der Waals surface area contributed by atoms with Gasteiger partial charge in [0, 0.05) is 36.9 Å². The number of fused-ring (bicyclic) bond motifs is 1. The molecule has 0 bridgehead atoms. The first-order valence-electron chi connectivity index (χ1n) is 9.07. The summed E-state index contributed by atoms with van der Waals surface area (Å²) in [5.41, 5.74) is 1.27. The molecule has 0 spiro atoms. The van der Waals surface area contributed by atoms with Crippen LogP contribution in [0.5, 0.6) is 0 Å². The highest BCUT2D eigenvalue weighted by Crippen LogP contribution is 2.18. The molecule has 0 fully saturated rings. The fraction of sp³-hybridized carbons (Fsp3) is 0.286. The monoisotopic (exact) mass is 383 g/mol. The van der Waals surface area contributed by atoms with Crippen molar-refractivity contribution in [3.63, 3.8) is 0 Å². The second kappa shape index (κ2) is 8.61. The zero-order valence-corrected chi connectivity index (χ0v) is 16.4. The third-order valence-corrected chi connectivity index (χ3v) is 6.14. The molecule has 2 aromatic carbocycles. The minimum Gasteiger partial charge on any atom is -0.315 e. The molecule has 0 aliphatic heterocycles. The number of sulfonamides is 1. The van der Waals surface area contributed by atoms with Gasteiger partial charge >= 0.3 is 0 Å². The van der Waals surface area contributed by atoms with Crippen molar-refractivity contribution in [1.29, 1.82) is 0 Å². The lowest BCUT2D eigenvalue weighted by Crippen LogP contribution is -2.40. The Morgan fingerprint density at radius 2 is 1.74 bits per heavy atom. The molecule has 2 N–H and O–H groups in total. The van der Waals surface area contributed by atoms with Crippen molar-refractivity contribution in [3.05, 3.63) is 72.6 Å². The smallest absolute Gasteiger partial charge is 0.240 e. The van der Waals surface area contributed by atoms with Gasteiger partial charge in [-0.05, 0) is 42.0 Å². The van der Waals surface area contributed by atoms with E-state index in [1.165, 1.54) is 5.56 Å². The fourth-order valence-electron chi connectivity index (χ4n) is 3.02. The second-order valence-electron chi connectivity index (χ2n) is 6.88. The summed E-state index contributed by atoms with van der Waals surface area (Å²) in [6.45, 7) is 5.37. The predicted octanol–water partition coefficient (Wildman–Crippen LogP) is 3.29. The quantitative estimate of drug-likeness (QED) is 0.626. The lowest BCUT2D eigenvalue weighted by molar-refractivity contribution is 0.525. The maximum absolute atomic E-state index is 12.7. The molecule has 1 heterocycles. The third-order valence-electron chi connectivity index (χ3n) is 4.55. The molecule has 0 saturated carbocycles. The van der Waals surface area contributed by atoms with Crippen LogP contribution in [0.3, 0.4) is 0 Å². The third kappa shape index (κ3) is 5.13. The standard InChI is InChI=1S/C21H25N3O2S/c1-16(18-6-4-3-5-7-18)13-23-14-17(2)24-27(25,26)21-9-8-20-15-22-11-10-19(20)12-21/h3-12,15-17,23-24H,13-14H2,1-2H3. The van der Waals surface area contributed by atoms with E-state index in [0.29, 0.717) is 12.5 Å². The van der Waals surface area contributed by atoms with E-state index in [-0.39, 0.29) is 10.9 Å². The topological polar surface area (TPSA) is 71.1 Å². The van der Waals surface area contributed by atoms with Crippen LogP contribution in [0.2, 0.25) is 0 Å². The summed E-state index contributed by atoms with van der Waals surface area (Å²) in [6, 6.07) is 16.9. The van der Waals surface area contributed by atoms with Crippen molar-refractivity contribution in [3.8, 4) is 0 Å². The van der Waals surface area contributed by atoms with Crippen LogP contribution in [-0.4, -0.2) is 32.5 Å². The average molecular weight is 384 g/mol. The number of benzene rings is 2. The molecule has 0 radical (unpaired) electrons. The summed E-state index contributed by atoms with van der Waals surface area (Å²) >= 11 is 0. The normalized spacial score (nSPS) is 14.1. The molecule has 0 amide bonds. The van der Waals surface area contributed by atoms with Gasteiger partial charge in [0.25, 0.3) is 0 Å². The average Bonchev–Trinajstić information content (AvgIpc) is 2.67. The Balaban J connectivity index is 1.56. The van der Waals surface area contributed by atoms with Crippen LogP contribution >= 0.6 is 0 Å². The van der Waals surface area contributed by atoms with Gasteiger partial charge in [0.2, 0.25) is 10.0 Å². The van der Waals surface area contributed by atoms with Crippen LogP contribution in [0.15, 0.2) is 71.9 Å². The number of pyridine rings is 1. The highest BCUT2D eigenvalue weighted by Gasteiger charge is 2.18. The Morgan fingerprint density at radius 3 is 2.52 bits per heavy atom. The first-order chi connectivity index (χ1) is 13.0. The molecule has 2 unspecified atom stereocenters. The van der Waals surface area contributed by atoms with Crippen LogP contribution in [0.1, 0.15) is 25.3 Å². The van der Waals surface area contributed by atoms with Crippen molar-refractivity contribution in [1.82, 2.24) is 15.0 Å². The summed E-state index contributed by atoms with van der Waals surface area (Å²) < 4.78 is 28.0. The van der Waals surface area contributed by atoms with E-state index in [1.54, 1.807) is 30.6 Å². The van der Waals surface area contributed by atoms with Crippen LogP contribution < -0.4 is 10.0 Å². The minimum absolute atomic E-state index is 0.217. The maximum Gasteiger partial charge on any atom is 0.240 e. The first-order valence-corrected chi connectivity index (χ1v) is 10.6. The zero-order valence-electron chi connectivity index (χ0n) is 15.6. The lowest BCUT2D eigenvalue weighted by atomic mass is 10.0. The van der Waals surface area contributed by atoms with Crippen LogP contribution in [0, 0.1) is 0 Å². The van der Waals surface area contributed by atoms with E-state index < -0.39 is 10.0 Å². The molecule has 1 aromatic heterocycles. The van der Waals surface area contributed by atoms with Gasteiger partial charge in [-0.25, -0.2) is 13.1 Å². The summed E-state index contributed by atoms with van der Waals surface area (Å²) in [5.74, 6) is 0.365. The number of nitrogens with one attached hydrogen (secondary N) is 2. The molecule has 0 aliphatic rings. The van der Waals surface area contributed by atoms with Crippen LogP contribution in [0.25, 0.3) is 10.8 Å². The molecule has 27 heavy (non-hydrogen) atoms. The Kier molecular flexibility index (Phi) is 6.21. The summed E-state index contributed by atoms with van der Waals surface area (Å²) in [4.78, 5) is 4.32. The second-order valence-corrected chi connectivity index (χ2v) is 8.59. The van der Waals surface area contributed by atoms with E-state index in [9.17, 15) is 8.42 Å². The van der Waals surface area contributed by atoms with Gasteiger partial charge in [-0.1, -0.05) is 43.3 Å². The highest BCUT2D eigenvalue weighted by molar-refractivity contribution is 7.89. The molecule has 3 rings (SSSR count). The van der Waals surface area contributed by atoms with E-state index in [4.69, 9.17) is 0 Å². The first kappa shape index (κ1) is 19.5. The fourth-order valence-corrected chi connectivity index (χ4v) is 4.30.